The predicted molar refractivity (Wildman–Crippen MR) is 68.1 cm³/mol. The van der Waals surface area contributed by atoms with Crippen molar-refractivity contribution in [1.29, 1.82) is 0 Å². The van der Waals surface area contributed by atoms with E-state index in [-0.39, 0.29) is 11.5 Å². The molecule has 1 spiro atoms. The monoisotopic (exact) mass is 244 g/mol. The van der Waals surface area contributed by atoms with Crippen molar-refractivity contribution in [1.82, 2.24) is 5.43 Å². The summed E-state index contributed by atoms with van der Waals surface area (Å²) in [5.41, 5.74) is 3.65. The third-order valence-electron chi connectivity index (χ3n) is 3.66. The normalized spacial score (nSPS) is 24.7. The zero-order valence-corrected chi connectivity index (χ0v) is 10.1. The van der Waals surface area contributed by atoms with Gasteiger partial charge in [0.25, 0.3) is 5.91 Å². The lowest BCUT2D eigenvalue weighted by atomic mass is 9.87. The molecule has 4 heteroatoms. The zero-order chi connectivity index (χ0) is 12.6. The molecule has 1 aromatic rings. The van der Waals surface area contributed by atoms with Gasteiger partial charge < -0.3 is 4.74 Å². The second-order valence-corrected chi connectivity index (χ2v) is 4.93. The molecule has 0 bridgehead atoms. The van der Waals surface area contributed by atoms with Crippen LogP contribution in [0.4, 0.5) is 0 Å². The predicted octanol–water partition coefficient (Wildman–Crippen LogP) is 1.70. The van der Waals surface area contributed by atoms with Gasteiger partial charge in [-0.2, -0.15) is 0 Å². The van der Waals surface area contributed by atoms with Crippen molar-refractivity contribution in [2.45, 2.75) is 31.3 Å². The quantitative estimate of drug-likeness (QED) is 0.342. The molecule has 4 nitrogen and oxygen atoms in total. The number of nitrogens with two attached hydrogens (primary N) is 1. The molecule has 94 valence electrons. The molecule has 18 heavy (non-hydrogen) atoms. The fourth-order valence-corrected chi connectivity index (χ4v) is 2.73. The topological polar surface area (TPSA) is 64.3 Å². The highest BCUT2D eigenvalue weighted by molar-refractivity contribution is 5.94. The molecule has 3 N–H and O–H groups in total. The lowest BCUT2D eigenvalue weighted by Crippen LogP contribution is -2.33. The van der Waals surface area contributed by atoms with E-state index in [1.54, 1.807) is 12.1 Å². The summed E-state index contributed by atoms with van der Waals surface area (Å²) in [7, 11) is 0. The number of ether oxygens (including phenoxy) is 1. The molecule has 1 unspecified atom stereocenters. The molecular weight excluding hydrogens is 228 g/mol. The number of carbonyl (C=O) groups excluding carboxylic acids is 1. The van der Waals surface area contributed by atoms with Gasteiger partial charge in [-0.1, -0.05) is 12.1 Å². The highest BCUT2D eigenvalue weighted by Crippen LogP contribution is 2.40. The van der Waals surface area contributed by atoms with Gasteiger partial charge in [-0.3, -0.25) is 10.2 Å². The van der Waals surface area contributed by atoms with E-state index in [1.165, 1.54) is 0 Å². The Morgan fingerprint density at radius 1 is 1.44 bits per heavy atom. The van der Waals surface area contributed by atoms with Gasteiger partial charge in [-0.25, -0.2) is 5.84 Å². The number of nitrogen functional groups attached to an aromatic ring is 1. The highest BCUT2D eigenvalue weighted by Gasteiger charge is 2.37. The van der Waals surface area contributed by atoms with E-state index < -0.39 is 0 Å². The van der Waals surface area contributed by atoms with Gasteiger partial charge in [0.1, 0.15) is 11.4 Å². The van der Waals surface area contributed by atoms with Crippen molar-refractivity contribution in [3.63, 3.8) is 0 Å². The summed E-state index contributed by atoms with van der Waals surface area (Å²) in [6.45, 7) is 0. The van der Waals surface area contributed by atoms with Gasteiger partial charge in [0.2, 0.25) is 0 Å². The van der Waals surface area contributed by atoms with Crippen molar-refractivity contribution in [3.8, 4) is 5.75 Å². The second-order valence-electron chi connectivity index (χ2n) is 4.93. The third-order valence-corrected chi connectivity index (χ3v) is 3.66. The van der Waals surface area contributed by atoms with Crippen molar-refractivity contribution in [2.75, 3.05) is 0 Å². The Hall–Kier alpha value is -1.81. The first-order valence-corrected chi connectivity index (χ1v) is 6.23. The zero-order valence-electron chi connectivity index (χ0n) is 10.1. The van der Waals surface area contributed by atoms with Crippen LogP contribution in [0, 0.1) is 0 Å². The number of hydrogen-bond acceptors (Lipinski definition) is 3. The maximum Gasteiger partial charge on any atom is 0.265 e. The summed E-state index contributed by atoms with van der Waals surface area (Å²) in [6, 6.07) is 5.52. The average molecular weight is 244 g/mol. The fourth-order valence-electron chi connectivity index (χ4n) is 2.73. The van der Waals surface area contributed by atoms with Crippen molar-refractivity contribution >= 4 is 5.91 Å². The van der Waals surface area contributed by atoms with Crippen LogP contribution < -0.4 is 16.0 Å². The molecule has 1 amide bonds. The fraction of sp³-hybridized carbons (Fsp3) is 0.357. The van der Waals surface area contributed by atoms with Gasteiger partial charge in [0.05, 0.1) is 0 Å². The van der Waals surface area contributed by atoms with Crippen LogP contribution in [0.1, 0.15) is 35.2 Å². The highest BCUT2D eigenvalue weighted by atomic mass is 16.5. The Morgan fingerprint density at radius 2 is 2.33 bits per heavy atom. The summed E-state index contributed by atoms with van der Waals surface area (Å²) in [5.74, 6) is 5.65. The van der Waals surface area contributed by atoms with Gasteiger partial charge in [0.15, 0.2) is 0 Å². The van der Waals surface area contributed by atoms with E-state index in [9.17, 15) is 4.79 Å². The number of fused-ring (bicyclic) bond motifs is 1. The molecule has 2 aliphatic rings. The number of amides is 1. The molecule has 1 atom stereocenters. The second kappa shape index (κ2) is 4.14. The lowest BCUT2D eigenvalue weighted by molar-refractivity contribution is 0.0951. The van der Waals surface area contributed by atoms with Crippen LogP contribution in [0.5, 0.6) is 5.75 Å². The van der Waals surface area contributed by atoms with Crippen LogP contribution in [0.2, 0.25) is 0 Å². The number of nitrogens with one attached hydrogen (secondary N) is 1. The molecule has 0 saturated carbocycles. The van der Waals surface area contributed by atoms with Gasteiger partial charge >= 0.3 is 0 Å². The molecule has 3 rings (SSSR count). The van der Waals surface area contributed by atoms with Crippen molar-refractivity contribution in [2.24, 2.45) is 5.84 Å². The van der Waals surface area contributed by atoms with E-state index in [1.807, 2.05) is 6.07 Å². The number of benzene rings is 1. The molecule has 0 saturated heterocycles. The van der Waals surface area contributed by atoms with Crippen molar-refractivity contribution in [3.05, 3.63) is 41.5 Å². The summed E-state index contributed by atoms with van der Waals surface area (Å²) in [6.07, 6.45) is 8.56. The first-order valence-electron chi connectivity index (χ1n) is 6.23. The third kappa shape index (κ3) is 1.78. The first-order chi connectivity index (χ1) is 8.72. The molecular formula is C14H16N2O2. The van der Waals surface area contributed by atoms with Crippen LogP contribution in [0.15, 0.2) is 30.4 Å². The van der Waals surface area contributed by atoms with E-state index >= 15 is 0 Å². The molecule has 1 heterocycles. The maximum atomic E-state index is 11.5. The Morgan fingerprint density at radius 3 is 3.06 bits per heavy atom. The Kier molecular flexibility index (Phi) is 2.59. The minimum Gasteiger partial charge on any atom is -0.483 e. The first kappa shape index (κ1) is 11.3. The van der Waals surface area contributed by atoms with Crippen LogP contribution in [0.3, 0.4) is 0 Å². The van der Waals surface area contributed by atoms with E-state index in [0.717, 1.165) is 37.0 Å². The number of rotatable bonds is 1. The number of hydrazine groups is 1. The largest absolute Gasteiger partial charge is 0.483 e. The summed E-state index contributed by atoms with van der Waals surface area (Å²) >= 11 is 0. The summed E-state index contributed by atoms with van der Waals surface area (Å²) < 4.78 is 6.06. The average Bonchev–Trinajstić information content (AvgIpc) is 2.74. The molecule has 1 aliphatic carbocycles. The van der Waals surface area contributed by atoms with Crippen LogP contribution in [0.25, 0.3) is 0 Å². The van der Waals surface area contributed by atoms with Gasteiger partial charge in [-0.05, 0) is 43.0 Å². The lowest BCUT2D eigenvalue weighted by Gasteiger charge is -2.27. The van der Waals surface area contributed by atoms with E-state index in [0.29, 0.717) is 5.56 Å². The van der Waals surface area contributed by atoms with Gasteiger partial charge in [-0.15, -0.1) is 0 Å². The molecule has 1 aromatic carbocycles. The Balaban J connectivity index is 1.91. The Labute approximate surface area is 106 Å². The summed E-state index contributed by atoms with van der Waals surface area (Å²) in [5, 5.41) is 0. The van der Waals surface area contributed by atoms with E-state index in [2.05, 4.69) is 17.6 Å². The number of hydrogen-bond donors (Lipinski definition) is 2. The molecule has 0 radical (unpaired) electrons. The van der Waals surface area contributed by atoms with Crippen LogP contribution in [-0.4, -0.2) is 11.5 Å². The molecule has 0 fully saturated rings. The maximum absolute atomic E-state index is 11.5. The molecule has 1 aliphatic heterocycles. The minimum atomic E-state index is -0.290. The number of allylic oxidation sites excluding steroid dienone is 1. The standard InChI is InChI=1S/C14H16N2O2/c15-16-13(17)10-4-5-11-9-14(18-12(11)8-10)6-2-1-3-7-14/h2,4-6,8H,1,3,7,9,15H2,(H,16,17). The van der Waals surface area contributed by atoms with Crippen LogP contribution in [-0.2, 0) is 6.42 Å². The van der Waals surface area contributed by atoms with Crippen LogP contribution >= 0.6 is 0 Å². The SMILES string of the molecule is NNC(=O)c1ccc2c(c1)OC1(C=CCCC1)C2. The number of carbonyl (C=O) groups is 1. The van der Waals surface area contributed by atoms with E-state index in [4.69, 9.17) is 10.6 Å². The minimum absolute atomic E-state index is 0.182. The molecule has 0 aromatic heterocycles. The van der Waals surface area contributed by atoms with Gasteiger partial charge in [0, 0.05) is 12.0 Å². The van der Waals surface area contributed by atoms with Crippen molar-refractivity contribution < 1.29 is 9.53 Å². The smallest absolute Gasteiger partial charge is 0.265 e. The summed E-state index contributed by atoms with van der Waals surface area (Å²) in [4.78, 5) is 11.5. The Bertz CT molecular complexity index is 525.